The van der Waals surface area contributed by atoms with Crippen LogP contribution >= 0.6 is 0 Å². The molecule has 1 aliphatic rings. The molecule has 1 rings (SSSR count). The van der Waals surface area contributed by atoms with Crippen molar-refractivity contribution < 1.29 is 9.90 Å². The third kappa shape index (κ3) is 2.20. The first-order valence-electron chi connectivity index (χ1n) is 4.27. The average Bonchev–Trinajstić information content (AvgIpc) is 2.02. The molecule has 72 valence electrons. The van der Waals surface area contributed by atoms with E-state index in [1.165, 1.54) is 0 Å². The maximum atomic E-state index is 11.4. The van der Waals surface area contributed by atoms with Crippen molar-refractivity contribution in [1.82, 2.24) is 4.90 Å². The van der Waals surface area contributed by atoms with Gasteiger partial charge in [0.05, 0.1) is 6.04 Å². The molecule has 1 unspecified atom stereocenters. The number of aliphatic hydroxyl groups is 1. The monoisotopic (exact) mass is 182 g/mol. The highest BCUT2D eigenvalue weighted by Crippen LogP contribution is 2.15. The summed E-state index contributed by atoms with van der Waals surface area (Å²) in [6.07, 6.45) is 5.32. The van der Waals surface area contributed by atoms with Crippen LogP contribution in [0, 0.1) is 18.3 Å². The standard InChI is InChI=1S/C9H14N2O2/c1-2-3-8(10)9(13)11-4-7(5-11)6-12/h1,7-8,12H,3-6,10H2. The number of rotatable bonds is 3. The summed E-state index contributed by atoms with van der Waals surface area (Å²) in [6, 6.07) is -0.579. The van der Waals surface area contributed by atoms with E-state index in [9.17, 15) is 4.79 Å². The number of aliphatic hydroxyl groups excluding tert-OH is 1. The van der Waals surface area contributed by atoms with Crippen molar-refractivity contribution >= 4 is 5.91 Å². The van der Waals surface area contributed by atoms with Gasteiger partial charge in [0.25, 0.3) is 0 Å². The summed E-state index contributed by atoms with van der Waals surface area (Å²) in [5.41, 5.74) is 5.53. The maximum absolute atomic E-state index is 11.4. The number of carbonyl (C=O) groups is 1. The van der Waals surface area contributed by atoms with Gasteiger partial charge in [-0.3, -0.25) is 4.79 Å². The summed E-state index contributed by atoms with van der Waals surface area (Å²) in [5, 5.41) is 8.73. The fourth-order valence-corrected chi connectivity index (χ4v) is 1.31. The number of nitrogens with two attached hydrogens (primary N) is 1. The molecular formula is C9H14N2O2. The van der Waals surface area contributed by atoms with E-state index in [2.05, 4.69) is 5.92 Å². The third-order valence-electron chi connectivity index (χ3n) is 2.18. The zero-order valence-electron chi connectivity index (χ0n) is 7.44. The highest BCUT2D eigenvalue weighted by molar-refractivity contribution is 5.82. The number of likely N-dealkylation sites (tertiary alicyclic amines) is 1. The molecule has 4 nitrogen and oxygen atoms in total. The summed E-state index contributed by atoms with van der Waals surface area (Å²) in [6.45, 7) is 1.34. The Kier molecular flexibility index (Phi) is 3.29. The first-order chi connectivity index (χ1) is 6.19. The van der Waals surface area contributed by atoms with Crippen LogP contribution in [0.4, 0.5) is 0 Å². The SMILES string of the molecule is C#CCC(N)C(=O)N1CC(CO)C1. The molecule has 0 aromatic rings. The molecule has 0 aromatic heterocycles. The van der Waals surface area contributed by atoms with Crippen LogP contribution in [0.5, 0.6) is 0 Å². The van der Waals surface area contributed by atoms with E-state index in [1.54, 1.807) is 4.90 Å². The van der Waals surface area contributed by atoms with Gasteiger partial charge in [0.2, 0.25) is 5.91 Å². The third-order valence-corrected chi connectivity index (χ3v) is 2.18. The van der Waals surface area contributed by atoms with Crippen molar-refractivity contribution in [1.29, 1.82) is 0 Å². The normalized spacial score (nSPS) is 19.0. The fraction of sp³-hybridized carbons (Fsp3) is 0.667. The second-order valence-electron chi connectivity index (χ2n) is 3.31. The number of hydrogen-bond donors (Lipinski definition) is 2. The molecule has 3 N–H and O–H groups in total. The molecule has 0 spiro atoms. The lowest BCUT2D eigenvalue weighted by molar-refractivity contribution is -0.139. The Balaban J connectivity index is 2.31. The van der Waals surface area contributed by atoms with E-state index < -0.39 is 6.04 Å². The minimum absolute atomic E-state index is 0.109. The van der Waals surface area contributed by atoms with E-state index >= 15 is 0 Å². The second-order valence-corrected chi connectivity index (χ2v) is 3.31. The predicted molar refractivity (Wildman–Crippen MR) is 48.6 cm³/mol. The number of terminal acetylenes is 1. The summed E-state index contributed by atoms with van der Waals surface area (Å²) < 4.78 is 0. The fourth-order valence-electron chi connectivity index (χ4n) is 1.31. The molecule has 0 bridgehead atoms. The lowest BCUT2D eigenvalue weighted by atomic mass is 10.00. The minimum atomic E-state index is -0.579. The minimum Gasteiger partial charge on any atom is -0.396 e. The van der Waals surface area contributed by atoms with E-state index in [1.807, 2.05) is 0 Å². The molecule has 1 aliphatic heterocycles. The van der Waals surface area contributed by atoms with Crippen LogP contribution in [0.15, 0.2) is 0 Å². The Labute approximate surface area is 77.7 Å². The van der Waals surface area contributed by atoms with Crippen LogP contribution in [0.25, 0.3) is 0 Å². The lowest BCUT2D eigenvalue weighted by Crippen LogP contribution is -2.56. The number of carbonyl (C=O) groups excluding carboxylic acids is 1. The zero-order valence-corrected chi connectivity index (χ0v) is 7.44. The van der Waals surface area contributed by atoms with E-state index in [0.717, 1.165) is 0 Å². The first-order valence-corrected chi connectivity index (χ1v) is 4.27. The van der Waals surface area contributed by atoms with E-state index in [0.29, 0.717) is 13.1 Å². The second kappa shape index (κ2) is 4.26. The van der Waals surface area contributed by atoms with Crippen molar-refractivity contribution in [3.63, 3.8) is 0 Å². The van der Waals surface area contributed by atoms with Crippen LogP contribution in [0.2, 0.25) is 0 Å². The predicted octanol–water partition coefficient (Wildman–Crippen LogP) is -1.21. The Hall–Kier alpha value is -1.05. The molecule has 1 atom stereocenters. The molecular weight excluding hydrogens is 168 g/mol. The maximum Gasteiger partial charge on any atom is 0.240 e. The van der Waals surface area contributed by atoms with Crippen molar-refractivity contribution in [3.8, 4) is 12.3 Å². The number of nitrogens with zero attached hydrogens (tertiary/aromatic N) is 1. The van der Waals surface area contributed by atoms with Gasteiger partial charge in [-0.1, -0.05) is 0 Å². The molecule has 1 fully saturated rings. The summed E-state index contributed by atoms with van der Waals surface area (Å²) in [4.78, 5) is 13.0. The Morgan fingerprint density at radius 3 is 2.85 bits per heavy atom. The van der Waals surface area contributed by atoms with Gasteiger partial charge >= 0.3 is 0 Å². The molecule has 1 amide bonds. The van der Waals surface area contributed by atoms with Gasteiger partial charge in [0.15, 0.2) is 0 Å². The van der Waals surface area contributed by atoms with Gasteiger partial charge in [-0.05, 0) is 0 Å². The molecule has 0 radical (unpaired) electrons. The van der Waals surface area contributed by atoms with Gasteiger partial charge in [-0.15, -0.1) is 12.3 Å². The van der Waals surface area contributed by atoms with Crippen molar-refractivity contribution in [2.75, 3.05) is 19.7 Å². The van der Waals surface area contributed by atoms with Crippen LogP contribution in [0.3, 0.4) is 0 Å². The number of hydrogen-bond acceptors (Lipinski definition) is 3. The van der Waals surface area contributed by atoms with Gasteiger partial charge < -0.3 is 15.7 Å². The van der Waals surface area contributed by atoms with Gasteiger partial charge in [0, 0.05) is 32.0 Å². The van der Waals surface area contributed by atoms with Crippen LogP contribution in [-0.2, 0) is 4.79 Å². The highest BCUT2D eigenvalue weighted by atomic mass is 16.3. The Morgan fingerprint density at radius 2 is 2.38 bits per heavy atom. The van der Waals surface area contributed by atoms with Crippen LogP contribution < -0.4 is 5.73 Å². The molecule has 1 heterocycles. The molecule has 1 saturated heterocycles. The summed E-state index contributed by atoms with van der Waals surface area (Å²) >= 11 is 0. The smallest absolute Gasteiger partial charge is 0.240 e. The largest absolute Gasteiger partial charge is 0.396 e. The quantitative estimate of drug-likeness (QED) is 0.538. The molecule has 4 heteroatoms. The van der Waals surface area contributed by atoms with Crippen molar-refractivity contribution in [2.45, 2.75) is 12.5 Å². The molecule has 13 heavy (non-hydrogen) atoms. The summed E-state index contributed by atoms with van der Waals surface area (Å²) in [5.74, 6) is 2.47. The zero-order chi connectivity index (χ0) is 9.84. The number of amides is 1. The van der Waals surface area contributed by atoms with Crippen molar-refractivity contribution in [3.05, 3.63) is 0 Å². The highest BCUT2D eigenvalue weighted by Gasteiger charge is 2.32. The molecule has 0 saturated carbocycles. The van der Waals surface area contributed by atoms with E-state index in [4.69, 9.17) is 17.3 Å². The first kappa shape index (κ1) is 10.0. The average molecular weight is 182 g/mol. The molecule has 0 aromatic carbocycles. The van der Waals surface area contributed by atoms with Crippen LogP contribution in [-0.4, -0.2) is 41.7 Å². The molecule has 0 aliphatic carbocycles. The topological polar surface area (TPSA) is 66.6 Å². The Morgan fingerprint density at radius 1 is 1.77 bits per heavy atom. The summed E-state index contributed by atoms with van der Waals surface area (Å²) in [7, 11) is 0. The van der Waals surface area contributed by atoms with Crippen molar-refractivity contribution in [2.24, 2.45) is 11.7 Å². The lowest BCUT2D eigenvalue weighted by Gasteiger charge is -2.39. The van der Waals surface area contributed by atoms with Crippen LogP contribution in [0.1, 0.15) is 6.42 Å². The Bertz CT molecular complexity index is 228. The van der Waals surface area contributed by atoms with Gasteiger partial charge in [-0.2, -0.15) is 0 Å². The van der Waals surface area contributed by atoms with Gasteiger partial charge in [0.1, 0.15) is 0 Å². The van der Waals surface area contributed by atoms with Gasteiger partial charge in [-0.25, -0.2) is 0 Å². The van der Waals surface area contributed by atoms with E-state index in [-0.39, 0.29) is 24.9 Å².